The van der Waals surface area contributed by atoms with Gasteiger partial charge in [-0.15, -0.1) is 0 Å². The Balaban J connectivity index is 2.39. The van der Waals surface area contributed by atoms with E-state index in [-0.39, 0.29) is 31.0 Å². The topological polar surface area (TPSA) is 144 Å². The van der Waals surface area contributed by atoms with Gasteiger partial charge in [-0.25, -0.2) is 9.69 Å². The summed E-state index contributed by atoms with van der Waals surface area (Å²) in [7, 11) is 0. The number of imide groups is 1. The highest BCUT2D eigenvalue weighted by Crippen LogP contribution is 2.37. The molecule has 5 N–H and O–H groups in total. The van der Waals surface area contributed by atoms with Crippen molar-refractivity contribution in [1.82, 2.24) is 0 Å². The lowest BCUT2D eigenvalue weighted by Crippen LogP contribution is -2.59. The number of carbonyl (C=O) groups is 3. The summed E-state index contributed by atoms with van der Waals surface area (Å²) >= 11 is 0. The van der Waals surface area contributed by atoms with Crippen molar-refractivity contribution in [3.8, 4) is 0 Å². The molecule has 1 fully saturated rings. The molecule has 9 nitrogen and oxygen atoms in total. The van der Waals surface area contributed by atoms with Crippen molar-refractivity contribution >= 4 is 29.3 Å². The van der Waals surface area contributed by atoms with Gasteiger partial charge in [-0.3, -0.25) is 14.5 Å². The van der Waals surface area contributed by atoms with E-state index < -0.39 is 29.7 Å². The first-order valence-electron chi connectivity index (χ1n) is 8.75. The van der Waals surface area contributed by atoms with E-state index in [0.29, 0.717) is 17.0 Å². The van der Waals surface area contributed by atoms with Gasteiger partial charge < -0.3 is 21.1 Å². The number of carboxylic acid groups (broad SMARTS) is 1. The van der Waals surface area contributed by atoms with Crippen molar-refractivity contribution in [2.24, 2.45) is 11.7 Å². The van der Waals surface area contributed by atoms with E-state index in [1.54, 1.807) is 13.8 Å². The molecule has 2 atom stereocenters. The Morgan fingerprint density at radius 3 is 2.33 bits per heavy atom. The third kappa shape index (κ3) is 3.66. The van der Waals surface area contributed by atoms with Crippen LogP contribution in [-0.4, -0.2) is 51.6 Å². The number of nitrogens with two attached hydrogens (primary N) is 1. The van der Waals surface area contributed by atoms with E-state index in [9.17, 15) is 29.7 Å². The van der Waals surface area contributed by atoms with Crippen LogP contribution in [-0.2, 0) is 9.59 Å². The van der Waals surface area contributed by atoms with Crippen molar-refractivity contribution in [3.63, 3.8) is 0 Å². The van der Waals surface area contributed by atoms with Crippen LogP contribution in [0.1, 0.15) is 33.1 Å². The van der Waals surface area contributed by atoms with Crippen molar-refractivity contribution in [2.75, 3.05) is 16.3 Å². The van der Waals surface area contributed by atoms with Crippen LogP contribution in [0.2, 0.25) is 0 Å². The van der Waals surface area contributed by atoms with E-state index >= 15 is 0 Å². The minimum Gasteiger partial charge on any atom is -0.464 e. The molecule has 1 heterocycles. The molecule has 3 amide bonds. The van der Waals surface area contributed by atoms with Gasteiger partial charge in [0.25, 0.3) is 0 Å². The van der Waals surface area contributed by atoms with Gasteiger partial charge in [-0.1, -0.05) is 13.8 Å². The van der Waals surface area contributed by atoms with Gasteiger partial charge in [0.1, 0.15) is 5.54 Å². The molecular weight excluding hydrogens is 354 g/mol. The maximum Gasteiger partial charge on any atom is 0.418 e. The Hall–Kier alpha value is -2.49. The fourth-order valence-electron chi connectivity index (χ4n) is 3.22. The molecule has 1 aliphatic rings. The Kier molecular flexibility index (Phi) is 6.19. The predicted molar refractivity (Wildman–Crippen MR) is 98.1 cm³/mol. The molecule has 1 saturated heterocycles. The number of nitrogens with zero attached hydrogens (tertiary/aromatic N) is 2. The van der Waals surface area contributed by atoms with E-state index in [1.165, 1.54) is 29.2 Å². The van der Waals surface area contributed by atoms with Gasteiger partial charge in [0.2, 0.25) is 11.8 Å². The van der Waals surface area contributed by atoms with Gasteiger partial charge in [-0.2, -0.15) is 0 Å². The average molecular weight is 379 g/mol. The predicted octanol–water partition coefficient (Wildman–Crippen LogP) is 0.879. The SMILES string of the molecule is CCC(C)C(=O)N(C(=O)O)c1ccc(N2C(=O)CCC2(CN)C(O)O)cc1. The number of carbonyl (C=O) groups excluding carboxylic acids is 2. The lowest BCUT2D eigenvalue weighted by atomic mass is 9.95. The maximum atomic E-state index is 12.3. The maximum absolute atomic E-state index is 12.3. The molecule has 0 saturated carbocycles. The van der Waals surface area contributed by atoms with Crippen LogP contribution >= 0.6 is 0 Å². The molecule has 2 rings (SSSR count). The van der Waals surface area contributed by atoms with Crippen LogP contribution in [0.15, 0.2) is 24.3 Å². The molecule has 148 valence electrons. The molecule has 1 aromatic carbocycles. The van der Waals surface area contributed by atoms with E-state index in [4.69, 9.17) is 5.73 Å². The summed E-state index contributed by atoms with van der Waals surface area (Å²) in [6.07, 6.45) is -2.42. The zero-order valence-electron chi connectivity index (χ0n) is 15.3. The summed E-state index contributed by atoms with van der Waals surface area (Å²) < 4.78 is 0. The molecule has 0 aliphatic carbocycles. The second kappa shape index (κ2) is 8.03. The van der Waals surface area contributed by atoms with Crippen molar-refractivity contribution in [3.05, 3.63) is 24.3 Å². The highest BCUT2D eigenvalue weighted by molar-refractivity contribution is 6.12. The van der Waals surface area contributed by atoms with Crippen molar-refractivity contribution < 1.29 is 29.7 Å². The summed E-state index contributed by atoms with van der Waals surface area (Å²) in [4.78, 5) is 38.1. The number of rotatable bonds is 6. The summed E-state index contributed by atoms with van der Waals surface area (Å²) in [5, 5.41) is 29.0. The first-order chi connectivity index (χ1) is 12.7. The summed E-state index contributed by atoms with van der Waals surface area (Å²) in [5.41, 5.74) is 4.88. The van der Waals surface area contributed by atoms with Crippen LogP contribution in [0.4, 0.5) is 16.2 Å². The fraction of sp³-hybridized carbons (Fsp3) is 0.500. The van der Waals surface area contributed by atoms with Crippen LogP contribution in [0.25, 0.3) is 0 Å². The summed E-state index contributed by atoms with van der Waals surface area (Å²) in [5.74, 6) is -1.32. The van der Waals surface area contributed by atoms with Crippen LogP contribution < -0.4 is 15.5 Å². The van der Waals surface area contributed by atoms with E-state index in [0.717, 1.165) is 0 Å². The van der Waals surface area contributed by atoms with E-state index in [2.05, 4.69) is 0 Å². The Labute approximate surface area is 157 Å². The Morgan fingerprint density at radius 1 is 1.30 bits per heavy atom. The molecule has 27 heavy (non-hydrogen) atoms. The highest BCUT2D eigenvalue weighted by Gasteiger charge is 2.50. The molecule has 1 aliphatic heterocycles. The van der Waals surface area contributed by atoms with Crippen LogP contribution in [0, 0.1) is 5.92 Å². The number of amides is 3. The zero-order valence-corrected chi connectivity index (χ0v) is 15.3. The second-order valence-electron chi connectivity index (χ2n) is 6.69. The molecular formula is C18H25N3O6. The normalized spacial score (nSPS) is 20.8. The van der Waals surface area contributed by atoms with Gasteiger partial charge >= 0.3 is 6.09 Å². The smallest absolute Gasteiger partial charge is 0.418 e. The van der Waals surface area contributed by atoms with Crippen LogP contribution in [0.3, 0.4) is 0 Å². The lowest BCUT2D eigenvalue weighted by molar-refractivity contribution is -0.121. The average Bonchev–Trinajstić information content (AvgIpc) is 2.99. The third-order valence-electron chi connectivity index (χ3n) is 5.11. The molecule has 2 unspecified atom stereocenters. The largest absolute Gasteiger partial charge is 0.464 e. The second-order valence-corrected chi connectivity index (χ2v) is 6.69. The summed E-state index contributed by atoms with van der Waals surface area (Å²) in [6, 6.07) is 5.73. The molecule has 0 bridgehead atoms. The number of benzene rings is 1. The third-order valence-corrected chi connectivity index (χ3v) is 5.11. The molecule has 0 radical (unpaired) electrons. The Bertz CT molecular complexity index is 720. The van der Waals surface area contributed by atoms with Gasteiger partial charge in [-0.05, 0) is 37.1 Å². The minimum atomic E-state index is -1.82. The van der Waals surface area contributed by atoms with Crippen LogP contribution in [0.5, 0.6) is 0 Å². The first-order valence-corrected chi connectivity index (χ1v) is 8.75. The standard InChI is InChI=1S/C18H25N3O6/c1-3-11(2)15(23)20(17(26)27)12-4-6-13(7-5-12)21-14(22)8-9-18(21,10-19)16(24)25/h4-7,11,16,24-25H,3,8-10,19H2,1-2H3,(H,26,27). The molecule has 9 heteroatoms. The van der Waals surface area contributed by atoms with Crippen molar-refractivity contribution in [2.45, 2.75) is 44.9 Å². The highest BCUT2D eigenvalue weighted by atomic mass is 16.5. The van der Waals surface area contributed by atoms with Gasteiger partial charge in [0.15, 0.2) is 6.29 Å². The van der Waals surface area contributed by atoms with E-state index in [1.807, 2.05) is 0 Å². The zero-order chi connectivity index (χ0) is 20.4. The van der Waals surface area contributed by atoms with Gasteiger partial charge in [0, 0.05) is 24.6 Å². The number of aliphatic hydroxyl groups excluding tert-OH is 1. The molecule has 0 spiro atoms. The minimum absolute atomic E-state index is 0.115. The van der Waals surface area contributed by atoms with Gasteiger partial charge in [0.05, 0.1) is 5.69 Å². The fourth-order valence-corrected chi connectivity index (χ4v) is 3.22. The monoisotopic (exact) mass is 379 g/mol. The summed E-state index contributed by atoms with van der Waals surface area (Å²) in [6.45, 7) is 3.29. The first kappa shape index (κ1) is 20.8. The number of aliphatic hydroxyl groups is 2. The van der Waals surface area contributed by atoms with Crippen molar-refractivity contribution in [1.29, 1.82) is 0 Å². The quantitative estimate of drug-likeness (QED) is 0.537. The Morgan fingerprint density at radius 2 is 1.89 bits per heavy atom. The lowest BCUT2D eigenvalue weighted by Gasteiger charge is -2.39. The number of hydrogen-bond donors (Lipinski definition) is 4. The number of hydrogen-bond acceptors (Lipinski definition) is 6. The molecule has 1 aromatic rings. The number of anilines is 2. The molecule has 0 aromatic heterocycles.